The van der Waals surface area contributed by atoms with Crippen LogP contribution in [0.25, 0.3) is 0 Å². The molecule has 1 aliphatic rings. The minimum absolute atomic E-state index is 0.0719. The predicted molar refractivity (Wildman–Crippen MR) is 69.1 cm³/mol. The van der Waals surface area contributed by atoms with Gasteiger partial charge >= 0.3 is 6.36 Å². The Morgan fingerprint density at radius 3 is 2.43 bits per heavy atom. The van der Waals surface area contributed by atoms with E-state index in [1.54, 1.807) is 0 Å². The van der Waals surface area contributed by atoms with Gasteiger partial charge in [-0.05, 0) is 37.1 Å². The fraction of sp³-hybridized carbons (Fsp3) is 0.500. The van der Waals surface area contributed by atoms with E-state index in [1.807, 2.05) is 0 Å². The van der Waals surface area contributed by atoms with Crippen molar-refractivity contribution in [2.45, 2.75) is 30.1 Å². The van der Waals surface area contributed by atoms with Crippen LogP contribution in [-0.2, 0) is 10.0 Å². The maximum atomic E-state index is 12.4. The first-order valence-corrected chi connectivity index (χ1v) is 7.76. The maximum absolute atomic E-state index is 12.4. The van der Waals surface area contributed by atoms with E-state index in [0.29, 0.717) is 13.0 Å². The Kier molecular flexibility index (Phi) is 4.45. The average Bonchev–Trinajstić information content (AvgIpc) is 2.86. The van der Waals surface area contributed by atoms with Gasteiger partial charge in [0.1, 0.15) is 5.75 Å². The Balaban J connectivity index is 2.21. The van der Waals surface area contributed by atoms with Gasteiger partial charge in [-0.15, -0.1) is 13.2 Å². The maximum Gasteiger partial charge on any atom is 0.573 e. The van der Waals surface area contributed by atoms with Crippen LogP contribution in [0.5, 0.6) is 5.75 Å². The lowest BCUT2D eigenvalue weighted by atomic mass is 10.2. The second-order valence-electron chi connectivity index (χ2n) is 4.67. The molecule has 0 saturated carbocycles. The Hall–Kier alpha value is -1.32. The van der Waals surface area contributed by atoms with E-state index >= 15 is 0 Å². The summed E-state index contributed by atoms with van der Waals surface area (Å²) < 4.78 is 66.0. The van der Waals surface area contributed by atoms with Crippen LogP contribution in [-0.4, -0.2) is 38.2 Å². The van der Waals surface area contributed by atoms with Crippen molar-refractivity contribution in [1.29, 1.82) is 0 Å². The number of benzene rings is 1. The first-order chi connectivity index (χ1) is 9.74. The van der Waals surface area contributed by atoms with Crippen LogP contribution in [0.1, 0.15) is 12.8 Å². The predicted octanol–water partition coefficient (Wildman–Crippen LogP) is 1.70. The third-order valence-electron chi connectivity index (χ3n) is 3.26. The molecule has 0 spiro atoms. The first-order valence-electron chi connectivity index (χ1n) is 6.32. The molecule has 2 rings (SSSR count). The van der Waals surface area contributed by atoms with Gasteiger partial charge in [-0.25, -0.2) is 8.42 Å². The molecule has 1 aliphatic heterocycles. The topological polar surface area (TPSA) is 72.6 Å². The van der Waals surface area contributed by atoms with Crippen molar-refractivity contribution in [3.63, 3.8) is 0 Å². The summed E-state index contributed by atoms with van der Waals surface area (Å²) in [6, 6.07) is 3.90. The summed E-state index contributed by atoms with van der Waals surface area (Å²) in [6.07, 6.45) is -3.40. The highest BCUT2D eigenvalue weighted by molar-refractivity contribution is 7.89. The van der Waals surface area contributed by atoms with E-state index in [9.17, 15) is 21.6 Å². The summed E-state index contributed by atoms with van der Waals surface area (Å²) in [5.41, 5.74) is 5.54. The fourth-order valence-electron chi connectivity index (χ4n) is 2.31. The van der Waals surface area contributed by atoms with Crippen molar-refractivity contribution >= 4 is 10.0 Å². The van der Waals surface area contributed by atoms with Gasteiger partial charge in [-0.1, -0.05) is 0 Å². The zero-order chi connectivity index (χ0) is 15.7. The van der Waals surface area contributed by atoms with Gasteiger partial charge in [0.05, 0.1) is 4.90 Å². The second kappa shape index (κ2) is 5.82. The van der Waals surface area contributed by atoms with E-state index in [1.165, 1.54) is 4.31 Å². The van der Waals surface area contributed by atoms with E-state index < -0.39 is 22.1 Å². The summed E-state index contributed by atoms with van der Waals surface area (Å²) in [5, 5.41) is 0. The largest absolute Gasteiger partial charge is 0.573 e. The van der Waals surface area contributed by atoms with E-state index in [0.717, 1.165) is 30.7 Å². The van der Waals surface area contributed by atoms with Gasteiger partial charge in [-0.3, -0.25) is 0 Å². The van der Waals surface area contributed by atoms with Crippen LogP contribution < -0.4 is 10.5 Å². The minimum atomic E-state index is -4.81. The highest BCUT2D eigenvalue weighted by Gasteiger charge is 2.35. The summed E-state index contributed by atoms with van der Waals surface area (Å²) >= 11 is 0. The molecule has 1 heterocycles. The first kappa shape index (κ1) is 16.1. The summed E-state index contributed by atoms with van der Waals surface area (Å²) in [7, 11) is -3.74. The molecule has 0 bridgehead atoms. The summed E-state index contributed by atoms with van der Waals surface area (Å²) in [5.74, 6) is -0.460. The molecule has 9 heteroatoms. The lowest BCUT2D eigenvalue weighted by molar-refractivity contribution is -0.274. The fourth-order valence-corrected chi connectivity index (χ4v) is 4.01. The number of hydrogen-bond donors (Lipinski definition) is 1. The standard InChI is InChI=1S/C12H15F3N2O3S/c13-12(14,15)20-10-3-5-11(6-4-10)21(18,19)17-7-1-2-9(17)8-16/h3-6,9H,1-2,7-8,16H2. The second-order valence-corrected chi connectivity index (χ2v) is 6.56. The van der Waals surface area contributed by atoms with E-state index in [-0.39, 0.29) is 17.5 Å². The minimum Gasteiger partial charge on any atom is -0.406 e. The number of halogens is 3. The highest BCUT2D eigenvalue weighted by Crippen LogP contribution is 2.28. The number of sulfonamides is 1. The van der Waals surface area contributed by atoms with Gasteiger partial charge in [0.25, 0.3) is 0 Å². The van der Waals surface area contributed by atoms with Gasteiger partial charge in [0.15, 0.2) is 0 Å². The van der Waals surface area contributed by atoms with Crippen molar-refractivity contribution < 1.29 is 26.3 Å². The Bertz CT molecular complexity index is 587. The van der Waals surface area contributed by atoms with Crippen LogP contribution in [0.4, 0.5) is 13.2 Å². The van der Waals surface area contributed by atoms with Crippen LogP contribution in [0.15, 0.2) is 29.2 Å². The van der Waals surface area contributed by atoms with Crippen molar-refractivity contribution in [2.75, 3.05) is 13.1 Å². The van der Waals surface area contributed by atoms with Crippen molar-refractivity contribution in [1.82, 2.24) is 4.31 Å². The molecule has 118 valence electrons. The molecule has 0 aliphatic carbocycles. The van der Waals surface area contributed by atoms with Crippen molar-refractivity contribution in [3.05, 3.63) is 24.3 Å². The molecule has 1 saturated heterocycles. The van der Waals surface area contributed by atoms with Crippen LogP contribution in [0, 0.1) is 0 Å². The normalized spacial score (nSPS) is 20.7. The number of nitrogens with zero attached hydrogens (tertiary/aromatic N) is 1. The van der Waals surface area contributed by atoms with Crippen LogP contribution >= 0.6 is 0 Å². The zero-order valence-electron chi connectivity index (χ0n) is 11.0. The quantitative estimate of drug-likeness (QED) is 0.915. The van der Waals surface area contributed by atoms with Gasteiger partial charge in [0.2, 0.25) is 10.0 Å². The molecule has 0 aromatic heterocycles. The Morgan fingerprint density at radius 2 is 1.90 bits per heavy atom. The molecular formula is C12H15F3N2O3S. The zero-order valence-corrected chi connectivity index (χ0v) is 11.8. The Labute approximate surface area is 120 Å². The van der Waals surface area contributed by atoms with Gasteiger partial charge in [0, 0.05) is 19.1 Å². The number of alkyl halides is 3. The molecule has 1 fully saturated rings. The molecule has 2 N–H and O–H groups in total. The SMILES string of the molecule is NCC1CCCN1S(=O)(=O)c1ccc(OC(F)(F)F)cc1. The summed E-state index contributed by atoms with van der Waals surface area (Å²) in [6.45, 7) is 0.583. The molecule has 21 heavy (non-hydrogen) atoms. The summed E-state index contributed by atoms with van der Waals surface area (Å²) in [4.78, 5) is -0.0719. The van der Waals surface area contributed by atoms with Gasteiger partial charge < -0.3 is 10.5 Å². The average molecular weight is 324 g/mol. The molecule has 1 unspecified atom stereocenters. The number of nitrogens with two attached hydrogens (primary N) is 1. The third kappa shape index (κ3) is 3.66. The number of hydrogen-bond acceptors (Lipinski definition) is 4. The Morgan fingerprint density at radius 1 is 1.29 bits per heavy atom. The van der Waals surface area contributed by atoms with E-state index in [4.69, 9.17) is 5.73 Å². The van der Waals surface area contributed by atoms with Gasteiger partial charge in [-0.2, -0.15) is 4.31 Å². The van der Waals surface area contributed by atoms with Crippen LogP contribution in [0.3, 0.4) is 0 Å². The lowest BCUT2D eigenvalue weighted by Gasteiger charge is -2.22. The third-order valence-corrected chi connectivity index (χ3v) is 5.23. The molecule has 0 radical (unpaired) electrons. The molecule has 1 aromatic rings. The number of rotatable bonds is 4. The monoisotopic (exact) mass is 324 g/mol. The molecule has 1 atom stereocenters. The number of ether oxygens (including phenoxy) is 1. The smallest absolute Gasteiger partial charge is 0.406 e. The molecular weight excluding hydrogens is 309 g/mol. The van der Waals surface area contributed by atoms with E-state index in [2.05, 4.69) is 4.74 Å². The molecule has 5 nitrogen and oxygen atoms in total. The highest BCUT2D eigenvalue weighted by atomic mass is 32.2. The lowest BCUT2D eigenvalue weighted by Crippen LogP contribution is -2.39. The van der Waals surface area contributed by atoms with Crippen LogP contribution in [0.2, 0.25) is 0 Å². The molecule has 0 amide bonds. The molecule has 1 aromatic carbocycles. The van der Waals surface area contributed by atoms with Crippen molar-refractivity contribution in [3.8, 4) is 5.75 Å². The van der Waals surface area contributed by atoms with Crippen molar-refractivity contribution in [2.24, 2.45) is 5.73 Å².